The first-order chi connectivity index (χ1) is 13.7. The molecule has 1 saturated heterocycles. The molecule has 1 aliphatic heterocycles. The van der Waals surface area contributed by atoms with Crippen molar-refractivity contribution < 1.29 is 4.79 Å². The Morgan fingerprint density at radius 1 is 1.21 bits per heavy atom. The number of rotatable bonds is 4. The van der Waals surface area contributed by atoms with E-state index >= 15 is 0 Å². The number of benzene rings is 1. The Morgan fingerprint density at radius 3 is 2.89 bits per heavy atom. The van der Waals surface area contributed by atoms with Gasteiger partial charge in [0.15, 0.2) is 5.82 Å². The summed E-state index contributed by atoms with van der Waals surface area (Å²) in [7, 11) is 0. The minimum absolute atomic E-state index is 0.0852. The summed E-state index contributed by atoms with van der Waals surface area (Å²) in [5.74, 6) is 1.09. The maximum atomic E-state index is 12.8. The highest BCUT2D eigenvalue weighted by Gasteiger charge is 2.27. The van der Waals surface area contributed by atoms with E-state index in [0.29, 0.717) is 23.6 Å². The van der Waals surface area contributed by atoms with Crippen LogP contribution < -0.4 is 10.2 Å². The Morgan fingerprint density at radius 2 is 2.07 bits per heavy atom. The van der Waals surface area contributed by atoms with Crippen molar-refractivity contribution in [2.45, 2.75) is 12.8 Å². The number of nitrogens with one attached hydrogen (secondary N) is 1. The van der Waals surface area contributed by atoms with Crippen LogP contribution in [0.2, 0.25) is 0 Å². The number of piperidine rings is 1. The van der Waals surface area contributed by atoms with Crippen LogP contribution in [0.25, 0.3) is 5.82 Å². The van der Waals surface area contributed by atoms with E-state index in [0.717, 1.165) is 25.2 Å². The van der Waals surface area contributed by atoms with E-state index < -0.39 is 0 Å². The molecule has 4 rings (SSSR count). The van der Waals surface area contributed by atoms with Crippen LogP contribution in [-0.4, -0.2) is 43.7 Å². The third kappa shape index (κ3) is 3.66. The molecule has 3 aromatic rings. The topological polar surface area (TPSA) is 113 Å². The zero-order valence-electron chi connectivity index (χ0n) is 15.1. The summed E-state index contributed by atoms with van der Waals surface area (Å²) in [6.45, 7) is 1.36. The molecule has 0 saturated carbocycles. The lowest BCUT2D eigenvalue weighted by atomic mass is 9.97. The SMILES string of the molecule is N#Cc1ccccc1NC(=O)[C@@H]1CCCN(c2cc(-n3cncn3)ncn2)C1. The maximum absolute atomic E-state index is 12.8. The highest BCUT2D eigenvalue weighted by molar-refractivity contribution is 5.94. The van der Waals surface area contributed by atoms with Gasteiger partial charge in [-0.1, -0.05) is 12.1 Å². The standard InChI is InChI=1S/C19H18N8O/c20-9-14-4-1-2-6-16(14)25-19(28)15-5-3-7-26(10-15)17-8-18(23-12-22-17)27-13-21-11-24-27/h1-2,4,6,8,11-13,15H,3,5,7,10H2,(H,25,28)/t15-/m1/s1. The lowest BCUT2D eigenvalue weighted by Gasteiger charge is -2.32. The molecular formula is C19H18N8O. The molecule has 1 aromatic carbocycles. The van der Waals surface area contributed by atoms with Crippen molar-refractivity contribution in [2.75, 3.05) is 23.3 Å². The number of carbonyl (C=O) groups excluding carboxylic acids is 1. The average Bonchev–Trinajstić information content (AvgIpc) is 3.29. The lowest BCUT2D eigenvalue weighted by molar-refractivity contribution is -0.120. The summed E-state index contributed by atoms with van der Waals surface area (Å²) in [5, 5.41) is 16.2. The number of hydrogen-bond donors (Lipinski definition) is 1. The van der Waals surface area contributed by atoms with E-state index in [1.165, 1.54) is 12.7 Å². The second kappa shape index (κ2) is 7.84. The van der Waals surface area contributed by atoms with Crippen LogP contribution in [0, 0.1) is 17.2 Å². The molecule has 9 nitrogen and oxygen atoms in total. The minimum atomic E-state index is -0.190. The Balaban J connectivity index is 1.48. The van der Waals surface area contributed by atoms with Crippen LogP contribution in [0.4, 0.5) is 11.5 Å². The quantitative estimate of drug-likeness (QED) is 0.740. The highest BCUT2D eigenvalue weighted by Crippen LogP contribution is 2.24. The van der Waals surface area contributed by atoms with Crippen molar-refractivity contribution in [2.24, 2.45) is 5.92 Å². The molecule has 0 aliphatic carbocycles. The molecule has 0 radical (unpaired) electrons. The predicted octanol–water partition coefficient (Wildman–Crippen LogP) is 1.78. The third-order valence-corrected chi connectivity index (χ3v) is 4.71. The maximum Gasteiger partial charge on any atom is 0.229 e. The number of amides is 1. The van der Waals surface area contributed by atoms with Crippen LogP contribution in [0.3, 0.4) is 0 Å². The summed E-state index contributed by atoms with van der Waals surface area (Å²) in [4.78, 5) is 27.3. The fraction of sp³-hybridized carbons (Fsp3) is 0.263. The highest BCUT2D eigenvalue weighted by atomic mass is 16.1. The number of anilines is 2. The van der Waals surface area contributed by atoms with Gasteiger partial charge in [-0.15, -0.1) is 0 Å². The van der Waals surface area contributed by atoms with E-state index in [9.17, 15) is 10.1 Å². The van der Waals surface area contributed by atoms with Gasteiger partial charge < -0.3 is 10.2 Å². The molecule has 0 bridgehead atoms. The van der Waals surface area contributed by atoms with Gasteiger partial charge in [0.1, 0.15) is 30.9 Å². The van der Waals surface area contributed by atoms with Crippen LogP contribution in [0.5, 0.6) is 0 Å². The molecule has 1 fully saturated rings. The summed E-state index contributed by atoms with van der Waals surface area (Å²) >= 11 is 0. The van der Waals surface area contributed by atoms with Crippen molar-refractivity contribution in [1.29, 1.82) is 5.26 Å². The minimum Gasteiger partial charge on any atom is -0.356 e. The van der Waals surface area contributed by atoms with Gasteiger partial charge in [0.25, 0.3) is 0 Å². The van der Waals surface area contributed by atoms with E-state index in [1.54, 1.807) is 35.3 Å². The Labute approximate surface area is 161 Å². The van der Waals surface area contributed by atoms with Gasteiger partial charge in [0.05, 0.1) is 17.2 Å². The smallest absolute Gasteiger partial charge is 0.229 e. The fourth-order valence-electron chi connectivity index (χ4n) is 3.29. The molecule has 2 aromatic heterocycles. The second-order valence-corrected chi connectivity index (χ2v) is 6.51. The van der Waals surface area contributed by atoms with Crippen molar-refractivity contribution in [1.82, 2.24) is 24.7 Å². The summed E-state index contributed by atoms with van der Waals surface area (Å²) in [5.41, 5.74) is 0.999. The fourth-order valence-corrected chi connectivity index (χ4v) is 3.29. The van der Waals surface area contributed by atoms with Crippen LogP contribution in [-0.2, 0) is 4.79 Å². The predicted molar refractivity (Wildman–Crippen MR) is 102 cm³/mol. The molecule has 1 atom stereocenters. The number of nitrogens with zero attached hydrogens (tertiary/aromatic N) is 7. The van der Waals surface area contributed by atoms with Gasteiger partial charge in [-0.05, 0) is 25.0 Å². The van der Waals surface area contributed by atoms with Crippen LogP contribution in [0.1, 0.15) is 18.4 Å². The van der Waals surface area contributed by atoms with Crippen LogP contribution >= 0.6 is 0 Å². The third-order valence-electron chi connectivity index (χ3n) is 4.71. The molecule has 9 heteroatoms. The van der Waals surface area contributed by atoms with Crippen molar-refractivity contribution >= 4 is 17.4 Å². The summed E-state index contributed by atoms with van der Waals surface area (Å²) in [6, 6.07) is 10.9. The van der Waals surface area contributed by atoms with E-state index in [4.69, 9.17) is 0 Å². The monoisotopic (exact) mass is 374 g/mol. The molecule has 3 heterocycles. The van der Waals surface area contributed by atoms with Crippen molar-refractivity contribution in [3.05, 3.63) is 54.9 Å². The molecule has 0 spiro atoms. The Hall–Kier alpha value is -3.80. The zero-order valence-corrected chi connectivity index (χ0v) is 15.1. The normalized spacial score (nSPS) is 16.4. The first kappa shape index (κ1) is 17.6. The molecular weight excluding hydrogens is 356 g/mol. The molecule has 0 unspecified atom stereocenters. The van der Waals surface area contributed by atoms with Gasteiger partial charge in [-0.3, -0.25) is 4.79 Å². The van der Waals surface area contributed by atoms with E-state index in [2.05, 4.69) is 36.3 Å². The first-order valence-electron chi connectivity index (χ1n) is 8.96. The number of para-hydroxylation sites is 1. The van der Waals surface area contributed by atoms with Gasteiger partial charge in [-0.2, -0.15) is 10.4 Å². The van der Waals surface area contributed by atoms with Gasteiger partial charge in [0.2, 0.25) is 5.91 Å². The van der Waals surface area contributed by atoms with E-state index in [1.807, 2.05) is 6.07 Å². The molecule has 140 valence electrons. The average molecular weight is 374 g/mol. The van der Waals surface area contributed by atoms with Crippen molar-refractivity contribution in [3.8, 4) is 11.9 Å². The number of hydrogen-bond acceptors (Lipinski definition) is 7. The first-order valence-corrected chi connectivity index (χ1v) is 8.96. The van der Waals surface area contributed by atoms with Gasteiger partial charge in [0, 0.05) is 19.2 Å². The molecule has 28 heavy (non-hydrogen) atoms. The Bertz CT molecular complexity index is 1010. The van der Waals surface area contributed by atoms with Gasteiger partial charge >= 0.3 is 0 Å². The number of carbonyl (C=O) groups is 1. The lowest BCUT2D eigenvalue weighted by Crippen LogP contribution is -2.41. The van der Waals surface area contributed by atoms with Gasteiger partial charge in [-0.25, -0.2) is 19.6 Å². The summed E-state index contributed by atoms with van der Waals surface area (Å²) < 4.78 is 1.57. The largest absolute Gasteiger partial charge is 0.356 e. The van der Waals surface area contributed by atoms with E-state index in [-0.39, 0.29) is 11.8 Å². The zero-order chi connectivity index (χ0) is 19.3. The Kier molecular flexibility index (Phi) is 4.93. The molecule has 1 aliphatic rings. The molecule has 1 N–H and O–H groups in total. The van der Waals surface area contributed by atoms with Crippen molar-refractivity contribution in [3.63, 3.8) is 0 Å². The molecule has 1 amide bonds. The second-order valence-electron chi connectivity index (χ2n) is 6.51. The number of nitriles is 1. The summed E-state index contributed by atoms with van der Waals surface area (Å²) in [6.07, 6.45) is 6.17. The number of aromatic nitrogens is 5. The van der Waals surface area contributed by atoms with Crippen LogP contribution in [0.15, 0.2) is 49.3 Å².